The van der Waals surface area contributed by atoms with Gasteiger partial charge in [-0.15, -0.1) is 0 Å². The number of benzene rings is 1. The fourth-order valence-corrected chi connectivity index (χ4v) is 1.74. The highest BCUT2D eigenvalue weighted by atomic mass is 19.1. The van der Waals surface area contributed by atoms with Crippen molar-refractivity contribution in [3.05, 3.63) is 24.0 Å². The summed E-state index contributed by atoms with van der Waals surface area (Å²) in [5.41, 5.74) is 6.77. The van der Waals surface area contributed by atoms with E-state index in [2.05, 4.69) is 10.6 Å². The van der Waals surface area contributed by atoms with Crippen LogP contribution in [0.5, 0.6) is 0 Å². The molecule has 1 aliphatic rings. The Bertz CT molecular complexity index is 398. The number of carbonyl (C=O) groups excluding carboxylic acids is 1. The SMILES string of the molecule is Nc1cc(F)ccc1NC1CCC(=O)NC1. The minimum atomic E-state index is -0.347. The second-order valence-corrected chi connectivity index (χ2v) is 3.92. The lowest BCUT2D eigenvalue weighted by atomic mass is 10.1. The van der Waals surface area contributed by atoms with E-state index >= 15 is 0 Å². The first-order chi connectivity index (χ1) is 7.65. The Morgan fingerprint density at radius 1 is 1.50 bits per heavy atom. The molecule has 0 spiro atoms. The highest BCUT2D eigenvalue weighted by molar-refractivity contribution is 5.77. The number of hydrogen-bond donors (Lipinski definition) is 3. The molecule has 1 saturated heterocycles. The number of nitrogens with two attached hydrogens (primary N) is 1. The maximum absolute atomic E-state index is 12.8. The van der Waals surface area contributed by atoms with Crippen molar-refractivity contribution in [1.29, 1.82) is 0 Å². The van der Waals surface area contributed by atoms with Crippen molar-refractivity contribution in [2.75, 3.05) is 17.6 Å². The number of rotatable bonds is 2. The van der Waals surface area contributed by atoms with Crippen molar-refractivity contribution in [1.82, 2.24) is 5.32 Å². The number of piperidine rings is 1. The van der Waals surface area contributed by atoms with Crippen LogP contribution in [-0.4, -0.2) is 18.5 Å². The van der Waals surface area contributed by atoms with Gasteiger partial charge in [-0.25, -0.2) is 4.39 Å². The second kappa shape index (κ2) is 4.38. The maximum atomic E-state index is 12.8. The number of halogens is 1. The van der Waals surface area contributed by atoms with Crippen LogP contribution in [0, 0.1) is 5.82 Å². The van der Waals surface area contributed by atoms with Crippen molar-refractivity contribution in [2.45, 2.75) is 18.9 Å². The van der Waals surface area contributed by atoms with Gasteiger partial charge in [-0.05, 0) is 24.6 Å². The number of nitrogen functional groups attached to an aromatic ring is 1. The number of nitrogens with one attached hydrogen (secondary N) is 2. The fraction of sp³-hybridized carbons (Fsp3) is 0.364. The van der Waals surface area contributed by atoms with Crippen molar-refractivity contribution in [3.8, 4) is 0 Å². The van der Waals surface area contributed by atoms with E-state index in [1.165, 1.54) is 12.1 Å². The van der Waals surface area contributed by atoms with E-state index < -0.39 is 0 Å². The van der Waals surface area contributed by atoms with Gasteiger partial charge in [0.1, 0.15) is 5.82 Å². The van der Waals surface area contributed by atoms with E-state index in [9.17, 15) is 9.18 Å². The third-order valence-corrected chi connectivity index (χ3v) is 2.64. The lowest BCUT2D eigenvalue weighted by Gasteiger charge is -2.25. The first-order valence-corrected chi connectivity index (χ1v) is 5.23. The Balaban J connectivity index is 2.01. The number of anilines is 2. The Morgan fingerprint density at radius 2 is 2.31 bits per heavy atom. The first kappa shape index (κ1) is 10.7. The summed E-state index contributed by atoms with van der Waals surface area (Å²) in [5, 5.41) is 5.96. The molecule has 1 aromatic carbocycles. The van der Waals surface area contributed by atoms with Crippen molar-refractivity contribution >= 4 is 17.3 Å². The molecule has 1 heterocycles. The molecule has 5 heteroatoms. The summed E-state index contributed by atoms with van der Waals surface area (Å²) >= 11 is 0. The quantitative estimate of drug-likeness (QED) is 0.658. The third-order valence-electron chi connectivity index (χ3n) is 2.64. The smallest absolute Gasteiger partial charge is 0.220 e. The fourth-order valence-electron chi connectivity index (χ4n) is 1.74. The Morgan fingerprint density at radius 3 is 2.94 bits per heavy atom. The number of amides is 1. The Hall–Kier alpha value is -1.78. The van der Waals surface area contributed by atoms with Gasteiger partial charge < -0.3 is 16.4 Å². The normalized spacial score (nSPS) is 20.3. The molecule has 0 bridgehead atoms. The summed E-state index contributed by atoms with van der Waals surface area (Å²) in [7, 11) is 0. The third kappa shape index (κ3) is 2.42. The van der Waals surface area contributed by atoms with Crippen LogP contribution >= 0.6 is 0 Å². The summed E-state index contributed by atoms with van der Waals surface area (Å²) in [6, 6.07) is 4.41. The van der Waals surface area contributed by atoms with Crippen molar-refractivity contribution in [2.24, 2.45) is 0 Å². The van der Waals surface area contributed by atoms with Gasteiger partial charge in [0.05, 0.1) is 11.4 Å². The highest BCUT2D eigenvalue weighted by Crippen LogP contribution is 2.21. The largest absolute Gasteiger partial charge is 0.397 e. The van der Waals surface area contributed by atoms with E-state index in [0.717, 1.165) is 6.42 Å². The molecule has 2 rings (SSSR count). The molecule has 4 nitrogen and oxygen atoms in total. The van der Waals surface area contributed by atoms with E-state index in [4.69, 9.17) is 5.73 Å². The van der Waals surface area contributed by atoms with Crippen LogP contribution in [0.2, 0.25) is 0 Å². The van der Waals surface area contributed by atoms with Crippen molar-refractivity contribution < 1.29 is 9.18 Å². The summed E-state index contributed by atoms with van der Waals surface area (Å²) < 4.78 is 12.8. The molecule has 1 fully saturated rings. The summed E-state index contributed by atoms with van der Waals surface area (Å²) in [4.78, 5) is 11.0. The molecule has 1 aromatic rings. The van der Waals surface area contributed by atoms with Gasteiger partial charge >= 0.3 is 0 Å². The zero-order valence-corrected chi connectivity index (χ0v) is 8.79. The van der Waals surface area contributed by atoms with E-state index in [0.29, 0.717) is 24.3 Å². The molecule has 0 aliphatic carbocycles. The van der Waals surface area contributed by atoms with Gasteiger partial charge in [0, 0.05) is 19.0 Å². The van der Waals surface area contributed by atoms with Crippen LogP contribution in [0.15, 0.2) is 18.2 Å². The minimum Gasteiger partial charge on any atom is -0.397 e. The molecular formula is C11H14FN3O. The number of carbonyl (C=O) groups is 1. The molecule has 0 radical (unpaired) electrons. The van der Waals surface area contributed by atoms with Crippen LogP contribution in [-0.2, 0) is 4.79 Å². The Labute approximate surface area is 93.0 Å². The first-order valence-electron chi connectivity index (χ1n) is 5.23. The number of hydrogen-bond acceptors (Lipinski definition) is 3. The predicted molar refractivity (Wildman–Crippen MR) is 60.5 cm³/mol. The van der Waals surface area contributed by atoms with Crippen LogP contribution in [0.3, 0.4) is 0 Å². The minimum absolute atomic E-state index is 0.0742. The molecular weight excluding hydrogens is 209 g/mol. The van der Waals surface area contributed by atoms with E-state index in [-0.39, 0.29) is 17.8 Å². The van der Waals surface area contributed by atoms with Gasteiger partial charge in [-0.3, -0.25) is 4.79 Å². The standard InChI is InChI=1S/C11H14FN3O/c12-7-1-3-10(9(13)5-7)15-8-2-4-11(16)14-6-8/h1,3,5,8,15H,2,4,6,13H2,(H,14,16). The second-order valence-electron chi connectivity index (χ2n) is 3.92. The molecule has 16 heavy (non-hydrogen) atoms. The van der Waals surface area contributed by atoms with Crippen LogP contribution in [0.4, 0.5) is 15.8 Å². The average molecular weight is 223 g/mol. The van der Waals surface area contributed by atoms with Gasteiger partial charge in [0.15, 0.2) is 0 Å². The van der Waals surface area contributed by atoms with Gasteiger partial charge in [-0.1, -0.05) is 0 Å². The van der Waals surface area contributed by atoms with Gasteiger partial charge in [-0.2, -0.15) is 0 Å². The zero-order chi connectivity index (χ0) is 11.5. The predicted octanol–water partition coefficient (Wildman–Crippen LogP) is 1.10. The summed E-state index contributed by atoms with van der Waals surface area (Å²) in [6.45, 7) is 0.579. The molecule has 0 saturated carbocycles. The van der Waals surface area contributed by atoms with Crippen LogP contribution in [0.25, 0.3) is 0 Å². The molecule has 86 valence electrons. The van der Waals surface area contributed by atoms with Gasteiger partial charge in [0.25, 0.3) is 0 Å². The van der Waals surface area contributed by atoms with Crippen LogP contribution in [0.1, 0.15) is 12.8 Å². The highest BCUT2D eigenvalue weighted by Gasteiger charge is 2.18. The average Bonchev–Trinajstić information content (AvgIpc) is 2.25. The maximum Gasteiger partial charge on any atom is 0.220 e. The summed E-state index contributed by atoms with van der Waals surface area (Å²) in [6.07, 6.45) is 1.28. The van der Waals surface area contributed by atoms with Crippen molar-refractivity contribution in [3.63, 3.8) is 0 Å². The topological polar surface area (TPSA) is 67.1 Å². The summed E-state index contributed by atoms with van der Waals surface area (Å²) in [5.74, 6) is -0.273. The monoisotopic (exact) mass is 223 g/mol. The molecule has 1 aliphatic heterocycles. The lowest BCUT2D eigenvalue weighted by Crippen LogP contribution is -2.41. The molecule has 1 amide bonds. The Kier molecular flexibility index (Phi) is 2.94. The van der Waals surface area contributed by atoms with E-state index in [1.807, 2.05) is 0 Å². The molecule has 1 unspecified atom stereocenters. The zero-order valence-electron chi connectivity index (χ0n) is 8.79. The molecule has 4 N–H and O–H groups in total. The van der Waals surface area contributed by atoms with Crippen LogP contribution < -0.4 is 16.4 Å². The van der Waals surface area contributed by atoms with Gasteiger partial charge in [0.2, 0.25) is 5.91 Å². The lowest BCUT2D eigenvalue weighted by molar-refractivity contribution is -0.122. The molecule has 1 atom stereocenters. The molecule has 0 aromatic heterocycles. The van der Waals surface area contributed by atoms with E-state index in [1.54, 1.807) is 6.07 Å².